The molecule has 0 spiro atoms. The van der Waals surface area contributed by atoms with Gasteiger partial charge >= 0.3 is 6.03 Å². The van der Waals surface area contributed by atoms with E-state index < -0.39 is 5.60 Å². The number of carbonyl (C=O) groups excluding carboxylic acids is 1. The second-order valence-electron chi connectivity index (χ2n) is 8.31. The summed E-state index contributed by atoms with van der Waals surface area (Å²) < 4.78 is 1.96. The molecule has 1 saturated carbocycles. The van der Waals surface area contributed by atoms with Gasteiger partial charge in [0.05, 0.1) is 23.5 Å². The van der Waals surface area contributed by atoms with Crippen LogP contribution in [0.2, 0.25) is 0 Å². The number of β-amino-alcohol motifs (C(OH)–C–C–N with tert-alkyl or cyclic N) is 1. The molecule has 25 heavy (non-hydrogen) atoms. The van der Waals surface area contributed by atoms with Gasteiger partial charge in [-0.2, -0.15) is 5.10 Å². The van der Waals surface area contributed by atoms with Crippen molar-refractivity contribution in [3.05, 3.63) is 12.4 Å². The fraction of sp³-hybridized carbons (Fsp3) is 0.778. The minimum Gasteiger partial charge on any atom is -0.389 e. The minimum absolute atomic E-state index is 0.0750. The fourth-order valence-corrected chi connectivity index (χ4v) is 3.64. The van der Waals surface area contributed by atoms with E-state index in [0.29, 0.717) is 19.1 Å². The molecule has 0 aromatic carbocycles. The van der Waals surface area contributed by atoms with Crippen molar-refractivity contribution in [1.82, 2.24) is 19.6 Å². The zero-order valence-corrected chi connectivity index (χ0v) is 15.8. The largest absolute Gasteiger partial charge is 0.389 e. The van der Waals surface area contributed by atoms with E-state index in [1.165, 1.54) is 12.8 Å². The highest BCUT2D eigenvalue weighted by Crippen LogP contribution is 2.39. The summed E-state index contributed by atoms with van der Waals surface area (Å²) in [6.07, 6.45) is 6.20. The number of hydrogen-bond donors (Lipinski definition) is 2. The van der Waals surface area contributed by atoms with Crippen molar-refractivity contribution in [3.8, 4) is 0 Å². The lowest BCUT2D eigenvalue weighted by Gasteiger charge is -2.41. The molecule has 7 heteroatoms. The molecule has 3 rings (SSSR count). The number of piperazine rings is 1. The first-order valence-electron chi connectivity index (χ1n) is 9.29. The second-order valence-corrected chi connectivity index (χ2v) is 8.31. The first-order chi connectivity index (χ1) is 11.7. The molecule has 1 aliphatic carbocycles. The van der Waals surface area contributed by atoms with Gasteiger partial charge in [-0.3, -0.25) is 9.58 Å². The molecule has 0 unspecified atom stereocenters. The lowest BCUT2D eigenvalue weighted by Crippen LogP contribution is -2.57. The number of carbonyl (C=O) groups is 1. The second kappa shape index (κ2) is 6.96. The molecule has 140 valence electrons. The van der Waals surface area contributed by atoms with E-state index in [2.05, 4.69) is 29.2 Å². The number of aliphatic hydroxyl groups is 1. The third-order valence-electron chi connectivity index (χ3n) is 5.16. The lowest BCUT2D eigenvalue weighted by molar-refractivity contribution is 0.0130. The molecule has 1 saturated heterocycles. The molecular formula is C18H31N5O2. The number of rotatable bonds is 5. The van der Waals surface area contributed by atoms with Crippen molar-refractivity contribution in [2.45, 2.75) is 58.2 Å². The molecule has 0 bridgehead atoms. The SMILES string of the molecule is C[C@H](C1CC1)n1cc(NC(=O)N2CCN(CC(C)(C)O)C[C@@H]2C)cn1. The van der Waals surface area contributed by atoms with E-state index in [4.69, 9.17) is 0 Å². The van der Waals surface area contributed by atoms with Crippen molar-refractivity contribution >= 4 is 11.7 Å². The summed E-state index contributed by atoms with van der Waals surface area (Å²) in [6.45, 7) is 10.7. The van der Waals surface area contributed by atoms with E-state index >= 15 is 0 Å². The maximum absolute atomic E-state index is 12.6. The lowest BCUT2D eigenvalue weighted by atomic mass is 10.1. The molecule has 1 aromatic heterocycles. The molecule has 1 aliphatic heterocycles. The highest BCUT2D eigenvalue weighted by molar-refractivity contribution is 5.89. The van der Waals surface area contributed by atoms with E-state index in [-0.39, 0.29) is 12.1 Å². The Labute approximate surface area is 150 Å². The number of nitrogens with one attached hydrogen (secondary N) is 1. The van der Waals surface area contributed by atoms with Crippen LogP contribution in [0.15, 0.2) is 12.4 Å². The fourth-order valence-electron chi connectivity index (χ4n) is 3.64. The predicted molar refractivity (Wildman–Crippen MR) is 97.6 cm³/mol. The van der Waals surface area contributed by atoms with Crippen molar-refractivity contribution < 1.29 is 9.90 Å². The molecule has 2 amide bonds. The van der Waals surface area contributed by atoms with Gasteiger partial charge in [0.25, 0.3) is 0 Å². The Morgan fingerprint density at radius 1 is 1.44 bits per heavy atom. The van der Waals surface area contributed by atoms with E-state index in [9.17, 15) is 9.90 Å². The van der Waals surface area contributed by atoms with Gasteiger partial charge in [-0.05, 0) is 46.5 Å². The molecule has 0 radical (unpaired) electrons. The third-order valence-corrected chi connectivity index (χ3v) is 5.16. The molecule has 2 heterocycles. The number of amides is 2. The normalized spacial score (nSPS) is 23.6. The van der Waals surface area contributed by atoms with Gasteiger partial charge < -0.3 is 15.3 Å². The highest BCUT2D eigenvalue weighted by Gasteiger charge is 2.31. The quantitative estimate of drug-likeness (QED) is 0.854. The Balaban J connectivity index is 1.53. The van der Waals surface area contributed by atoms with Crippen LogP contribution in [0.5, 0.6) is 0 Å². The first kappa shape index (κ1) is 18.2. The summed E-state index contributed by atoms with van der Waals surface area (Å²) in [6, 6.07) is 0.431. The number of nitrogens with zero attached hydrogens (tertiary/aromatic N) is 4. The summed E-state index contributed by atoms with van der Waals surface area (Å²) in [7, 11) is 0. The molecule has 2 aliphatic rings. The van der Waals surface area contributed by atoms with Crippen LogP contribution < -0.4 is 5.32 Å². The average molecular weight is 349 g/mol. The molecular weight excluding hydrogens is 318 g/mol. The molecule has 2 fully saturated rings. The van der Waals surface area contributed by atoms with Crippen LogP contribution in [0.25, 0.3) is 0 Å². The summed E-state index contributed by atoms with van der Waals surface area (Å²) in [4.78, 5) is 16.7. The summed E-state index contributed by atoms with van der Waals surface area (Å²) in [5.41, 5.74) is 0.0420. The standard InChI is InChI=1S/C18H31N5O2/c1-13-10-21(12-18(3,4)25)7-8-22(13)17(24)20-16-9-19-23(11-16)14(2)15-5-6-15/h9,11,13-15,25H,5-8,10,12H2,1-4H3,(H,20,24)/t13-,14+/m0/s1. The summed E-state index contributed by atoms with van der Waals surface area (Å²) >= 11 is 0. The van der Waals surface area contributed by atoms with E-state index in [1.807, 2.05) is 29.6 Å². The van der Waals surface area contributed by atoms with Crippen molar-refractivity contribution in [2.24, 2.45) is 5.92 Å². The smallest absolute Gasteiger partial charge is 0.322 e. The van der Waals surface area contributed by atoms with Gasteiger partial charge in [0.2, 0.25) is 0 Å². The van der Waals surface area contributed by atoms with Crippen molar-refractivity contribution in [1.29, 1.82) is 0 Å². The number of urea groups is 1. The zero-order valence-electron chi connectivity index (χ0n) is 15.8. The van der Waals surface area contributed by atoms with Gasteiger partial charge in [-0.25, -0.2) is 4.79 Å². The van der Waals surface area contributed by atoms with Gasteiger partial charge in [0, 0.05) is 38.4 Å². The van der Waals surface area contributed by atoms with Gasteiger partial charge in [0.15, 0.2) is 0 Å². The number of anilines is 1. The van der Waals surface area contributed by atoms with Crippen LogP contribution in [-0.2, 0) is 0 Å². The maximum Gasteiger partial charge on any atom is 0.322 e. The van der Waals surface area contributed by atoms with Crippen molar-refractivity contribution in [3.63, 3.8) is 0 Å². The van der Waals surface area contributed by atoms with Crippen LogP contribution in [0.4, 0.5) is 10.5 Å². The highest BCUT2D eigenvalue weighted by atomic mass is 16.3. The van der Waals surface area contributed by atoms with E-state index in [0.717, 1.165) is 24.7 Å². The molecule has 2 atom stereocenters. The number of aromatic nitrogens is 2. The first-order valence-corrected chi connectivity index (χ1v) is 9.29. The zero-order chi connectivity index (χ0) is 18.2. The van der Waals surface area contributed by atoms with Gasteiger partial charge in [-0.15, -0.1) is 0 Å². The Kier molecular flexibility index (Phi) is 5.06. The maximum atomic E-state index is 12.6. The van der Waals surface area contributed by atoms with Crippen molar-refractivity contribution in [2.75, 3.05) is 31.5 Å². The molecule has 2 N–H and O–H groups in total. The number of hydrogen-bond acceptors (Lipinski definition) is 4. The van der Waals surface area contributed by atoms with E-state index in [1.54, 1.807) is 6.20 Å². The Bertz CT molecular complexity index is 605. The average Bonchev–Trinajstić information content (AvgIpc) is 3.25. The summed E-state index contributed by atoms with van der Waals surface area (Å²) in [5, 5.41) is 17.3. The minimum atomic E-state index is -0.711. The predicted octanol–water partition coefficient (Wildman–Crippen LogP) is 2.16. The monoisotopic (exact) mass is 349 g/mol. The van der Waals surface area contributed by atoms with Crippen LogP contribution in [0, 0.1) is 5.92 Å². The van der Waals surface area contributed by atoms with Gasteiger partial charge in [-0.1, -0.05) is 0 Å². The molecule has 1 aromatic rings. The summed E-state index contributed by atoms with van der Waals surface area (Å²) in [5.74, 6) is 0.729. The van der Waals surface area contributed by atoms with Crippen LogP contribution in [-0.4, -0.2) is 68.5 Å². The Morgan fingerprint density at radius 2 is 2.16 bits per heavy atom. The van der Waals surface area contributed by atoms with Crippen LogP contribution in [0.1, 0.15) is 46.6 Å². The molecule has 7 nitrogen and oxygen atoms in total. The topological polar surface area (TPSA) is 73.6 Å². The van der Waals surface area contributed by atoms with Crippen LogP contribution in [0.3, 0.4) is 0 Å². The van der Waals surface area contributed by atoms with Gasteiger partial charge in [0.1, 0.15) is 0 Å². The van der Waals surface area contributed by atoms with Crippen LogP contribution >= 0.6 is 0 Å². The third kappa shape index (κ3) is 4.73. The Morgan fingerprint density at radius 3 is 2.76 bits per heavy atom. The Hall–Kier alpha value is -1.60.